The van der Waals surface area contributed by atoms with Crippen molar-refractivity contribution in [2.75, 3.05) is 6.54 Å². The molecule has 0 aliphatic carbocycles. The van der Waals surface area contributed by atoms with E-state index in [-0.39, 0.29) is 18.2 Å². The Morgan fingerprint density at radius 2 is 1.41 bits per heavy atom. The number of rotatable bonds is 12. The van der Waals surface area contributed by atoms with Crippen molar-refractivity contribution in [3.63, 3.8) is 0 Å². The average molecular weight is 611 g/mol. The fourth-order valence-electron chi connectivity index (χ4n) is 5.18. The minimum absolute atomic E-state index is 0.113. The summed E-state index contributed by atoms with van der Waals surface area (Å²) in [7, 11) is -4.24. The third kappa shape index (κ3) is 7.54. The number of nitrogens with zero attached hydrogens (tertiary/aromatic N) is 1. The van der Waals surface area contributed by atoms with Crippen LogP contribution < -0.4 is 20.1 Å². The Hall–Kier alpha value is -4.88. The van der Waals surface area contributed by atoms with Crippen molar-refractivity contribution in [3.8, 4) is 11.5 Å². The first-order valence-electron chi connectivity index (χ1n) is 14.5. The lowest BCUT2D eigenvalue weighted by atomic mass is 10.1. The van der Waals surface area contributed by atoms with E-state index in [0.717, 1.165) is 5.56 Å². The number of benzene rings is 4. The second-order valence-corrected chi connectivity index (χ2v) is 12.5. The Balaban J connectivity index is 1.45. The van der Waals surface area contributed by atoms with E-state index in [4.69, 9.17) is 20.2 Å². The predicted molar refractivity (Wildman–Crippen MR) is 170 cm³/mol. The van der Waals surface area contributed by atoms with Crippen LogP contribution in [0.4, 0.5) is 0 Å². The number of likely N-dealkylation sites (tertiary alicyclic amines) is 1. The van der Waals surface area contributed by atoms with Crippen LogP contribution in [-0.4, -0.2) is 35.1 Å². The van der Waals surface area contributed by atoms with Crippen molar-refractivity contribution >= 4 is 25.2 Å². The first-order valence-corrected chi connectivity index (χ1v) is 16.1. The van der Waals surface area contributed by atoms with Gasteiger partial charge in [-0.15, -0.1) is 0 Å². The lowest BCUT2D eigenvalue weighted by molar-refractivity contribution is -0.138. The zero-order chi connectivity index (χ0) is 30.9. The van der Waals surface area contributed by atoms with Crippen LogP contribution in [0.25, 0.3) is 0 Å². The number of amides is 2. The van der Waals surface area contributed by atoms with Crippen LogP contribution in [0, 0.1) is 5.41 Å². The number of para-hydroxylation sites is 2. The largest absolute Gasteiger partial charge is 0.457 e. The summed E-state index contributed by atoms with van der Waals surface area (Å²) in [4.78, 5) is 28.8. The zero-order valence-electron chi connectivity index (χ0n) is 24.2. The smallest absolute Gasteiger partial charge is 0.414 e. The minimum atomic E-state index is -4.24. The van der Waals surface area contributed by atoms with Gasteiger partial charge in [0, 0.05) is 18.5 Å². The van der Waals surface area contributed by atoms with Crippen LogP contribution >= 0.6 is 7.60 Å². The monoisotopic (exact) mass is 610 g/mol. The van der Waals surface area contributed by atoms with Crippen molar-refractivity contribution in [2.24, 2.45) is 5.73 Å². The highest BCUT2D eigenvalue weighted by Gasteiger charge is 2.44. The van der Waals surface area contributed by atoms with Crippen LogP contribution in [0.3, 0.4) is 0 Å². The molecule has 9 nitrogen and oxygen atoms in total. The van der Waals surface area contributed by atoms with Gasteiger partial charge in [-0.2, -0.15) is 0 Å². The Kier molecular flexibility index (Phi) is 9.77. The van der Waals surface area contributed by atoms with Crippen LogP contribution in [0.2, 0.25) is 0 Å². The highest BCUT2D eigenvalue weighted by molar-refractivity contribution is 7.55. The second-order valence-electron chi connectivity index (χ2n) is 10.5. The number of nitrogen functional groups attached to an aromatic ring is 1. The zero-order valence-corrected chi connectivity index (χ0v) is 25.1. The molecule has 226 valence electrons. The molecule has 1 saturated heterocycles. The molecule has 2 atom stereocenters. The van der Waals surface area contributed by atoms with E-state index in [1.807, 2.05) is 30.3 Å². The molecule has 0 saturated carbocycles. The summed E-state index contributed by atoms with van der Waals surface area (Å²) in [6, 6.07) is 32.7. The van der Waals surface area contributed by atoms with Gasteiger partial charge < -0.3 is 25.0 Å². The van der Waals surface area contributed by atoms with E-state index in [9.17, 15) is 14.2 Å². The van der Waals surface area contributed by atoms with Crippen LogP contribution in [-0.2, 0) is 20.6 Å². The molecule has 1 aliphatic heterocycles. The van der Waals surface area contributed by atoms with Crippen LogP contribution in [0.15, 0.2) is 115 Å². The van der Waals surface area contributed by atoms with E-state index in [2.05, 4.69) is 5.32 Å². The van der Waals surface area contributed by atoms with Gasteiger partial charge in [0.1, 0.15) is 23.4 Å². The van der Waals surface area contributed by atoms with Crippen molar-refractivity contribution < 1.29 is 23.2 Å². The Morgan fingerprint density at radius 3 is 1.95 bits per heavy atom. The van der Waals surface area contributed by atoms with E-state index in [1.54, 1.807) is 89.8 Å². The van der Waals surface area contributed by atoms with E-state index in [0.29, 0.717) is 48.4 Å². The fraction of sp³-hybridized carbons (Fsp3) is 0.206. The molecule has 1 heterocycles. The van der Waals surface area contributed by atoms with Gasteiger partial charge in [-0.1, -0.05) is 91.0 Å². The van der Waals surface area contributed by atoms with Gasteiger partial charge in [0.05, 0.1) is 0 Å². The molecule has 1 aliphatic rings. The quantitative estimate of drug-likeness (QED) is 0.101. The van der Waals surface area contributed by atoms with Gasteiger partial charge >= 0.3 is 7.60 Å². The normalized spacial score (nSPS) is 15.3. The molecule has 0 bridgehead atoms. The molecule has 5 rings (SSSR count). The second kappa shape index (κ2) is 14.1. The van der Waals surface area contributed by atoms with Gasteiger partial charge in [-0.3, -0.25) is 15.0 Å². The molecule has 44 heavy (non-hydrogen) atoms. The maximum Gasteiger partial charge on any atom is 0.457 e. The van der Waals surface area contributed by atoms with Crippen molar-refractivity contribution in [1.29, 1.82) is 5.41 Å². The summed E-state index contributed by atoms with van der Waals surface area (Å²) < 4.78 is 27.1. The molecule has 0 radical (unpaired) electrons. The predicted octanol–water partition coefficient (Wildman–Crippen LogP) is 6.06. The molecular weight excluding hydrogens is 575 g/mol. The SMILES string of the molecule is N=C(N)c1ccc(C(NC(=O)[C@@H]2CCCN2C(=O)CCc2ccccc2)P(=O)(Oc2ccccc2)Oc2ccccc2)cc1. The van der Waals surface area contributed by atoms with Crippen molar-refractivity contribution in [2.45, 2.75) is 37.5 Å². The molecule has 0 aromatic heterocycles. The lowest BCUT2D eigenvalue weighted by Crippen LogP contribution is -2.47. The first-order chi connectivity index (χ1) is 21.3. The molecule has 0 spiro atoms. The minimum Gasteiger partial charge on any atom is -0.414 e. The van der Waals surface area contributed by atoms with Gasteiger partial charge in [0.2, 0.25) is 11.8 Å². The molecule has 2 amide bonds. The Bertz CT molecular complexity index is 1570. The third-order valence-electron chi connectivity index (χ3n) is 7.43. The van der Waals surface area contributed by atoms with E-state index in [1.165, 1.54) is 0 Å². The van der Waals surface area contributed by atoms with Crippen molar-refractivity contribution in [1.82, 2.24) is 10.2 Å². The molecule has 1 unspecified atom stereocenters. The maximum absolute atomic E-state index is 14.9. The average Bonchev–Trinajstić information content (AvgIpc) is 3.54. The topological polar surface area (TPSA) is 135 Å². The molecule has 4 N–H and O–H groups in total. The molecule has 10 heteroatoms. The summed E-state index contributed by atoms with van der Waals surface area (Å²) in [6.07, 6.45) is 1.99. The van der Waals surface area contributed by atoms with E-state index >= 15 is 0 Å². The summed E-state index contributed by atoms with van der Waals surface area (Å²) in [5.74, 6) is -1.35. The van der Waals surface area contributed by atoms with Crippen LogP contribution in [0.1, 0.15) is 41.7 Å². The number of nitrogens with two attached hydrogens (primary N) is 1. The highest BCUT2D eigenvalue weighted by Crippen LogP contribution is 2.59. The third-order valence-corrected chi connectivity index (χ3v) is 9.42. The van der Waals surface area contributed by atoms with Gasteiger partial charge in [-0.05, 0) is 54.7 Å². The van der Waals surface area contributed by atoms with Gasteiger partial charge in [-0.25, -0.2) is 4.57 Å². The standard InChI is InChI=1S/C34H35N4O5P/c35-32(36)26-19-21-27(22-20-26)34(44(41,42-28-13-6-2-7-14-28)43-29-15-8-3-9-16-29)37-33(40)30-17-10-24-38(30)31(39)23-18-25-11-4-1-5-12-25/h1-9,11-16,19-22,30,34H,10,17-18,23-24H2,(H3,35,36)(H,37,40)/t30-,34?/m0/s1. The highest BCUT2D eigenvalue weighted by atomic mass is 31.2. The number of hydrogen-bond donors (Lipinski definition) is 3. The van der Waals surface area contributed by atoms with Gasteiger partial charge in [0.25, 0.3) is 0 Å². The number of hydrogen-bond acceptors (Lipinski definition) is 6. The Morgan fingerprint density at radius 1 is 0.864 bits per heavy atom. The number of aryl methyl sites for hydroxylation is 1. The lowest BCUT2D eigenvalue weighted by Gasteiger charge is -2.31. The van der Waals surface area contributed by atoms with Crippen LogP contribution in [0.5, 0.6) is 11.5 Å². The number of nitrogens with one attached hydrogen (secondary N) is 2. The summed E-state index contributed by atoms with van der Waals surface area (Å²) in [6.45, 7) is 0.461. The summed E-state index contributed by atoms with van der Waals surface area (Å²) in [5.41, 5.74) is 7.61. The van der Waals surface area contributed by atoms with Crippen molar-refractivity contribution in [3.05, 3.63) is 132 Å². The number of carbonyl (C=O) groups is 2. The fourth-order valence-corrected chi connectivity index (χ4v) is 7.08. The molecule has 4 aromatic rings. The molecule has 1 fully saturated rings. The summed E-state index contributed by atoms with van der Waals surface area (Å²) >= 11 is 0. The Labute approximate surface area is 257 Å². The van der Waals surface area contributed by atoms with E-state index < -0.39 is 25.3 Å². The summed E-state index contributed by atoms with van der Waals surface area (Å²) in [5, 5.41) is 10.7. The maximum atomic E-state index is 14.9. The first kappa shape index (κ1) is 30.6. The number of amidine groups is 1. The molecule has 4 aromatic carbocycles. The molecular formula is C34H35N4O5P. The van der Waals surface area contributed by atoms with Gasteiger partial charge in [0.15, 0.2) is 5.78 Å². The number of carbonyl (C=O) groups excluding carboxylic acids is 2.